The molecular weight excluding hydrogens is 260 g/mol. The van der Waals surface area contributed by atoms with Gasteiger partial charge in [-0.2, -0.15) is 0 Å². The number of aliphatic carboxylic acids is 1. The lowest BCUT2D eigenvalue weighted by molar-refractivity contribution is -0.138. The van der Waals surface area contributed by atoms with Gasteiger partial charge in [0.1, 0.15) is 0 Å². The highest BCUT2D eigenvalue weighted by atomic mass is 32.2. The van der Waals surface area contributed by atoms with Crippen molar-refractivity contribution in [3.8, 4) is 0 Å². The Balaban J connectivity index is 2.14. The second kappa shape index (κ2) is 5.78. The maximum atomic E-state index is 11.7. The second-order valence-corrected chi connectivity index (χ2v) is 6.18. The Bertz CT molecular complexity index is 481. The number of carbonyl (C=O) groups excluding carboxylic acids is 1. The number of thioether (sulfide) groups is 1. The second-order valence-electron chi connectivity index (χ2n) is 5.08. The van der Waals surface area contributed by atoms with Gasteiger partial charge in [-0.3, -0.25) is 9.59 Å². The lowest BCUT2D eigenvalue weighted by Gasteiger charge is -2.18. The lowest BCUT2D eigenvalue weighted by atomic mass is 9.86. The first kappa shape index (κ1) is 14.1. The van der Waals surface area contributed by atoms with E-state index in [1.807, 2.05) is 24.3 Å². The van der Waals surface area contributed by atoms with Crippen molar-refractivity contribution in [2.45, 2.75) is 32.1 Å². The van der Waals surface area contributed by atoms with E-state index in [2.05, 4.69) is 6.92 Å². The fourth-order valence-electron chi connectivity index (χ4n) is 2.43. The Hall–Kier alpha value is -1.29. The highest BCUT2D eigenvalue weighted by Gasteiger charge is 2.31. The number of benzene rings is 1. The molecule has 1 heterocycles. The Morgan fingerprint density at radius 2 is 1.84 bits per heavy atom. The summed E-state index contributed by atoms with van der Waals surface area (Å²) < 4.78 is 0. The smallest absolute Gasteiger partial charge is 0.310 e. The summed E-state index contributed by atoms with van der Waals surface area (Å²) in [6.07, 6.45) is 0.942. The van der Waals surface area contributed by atoms with Gasteiger partial charge in [-0.15, -0.1) is 0 Å². The zero-order valence-electron chi connectivity index (χ0n) is 11.1. The van der Waals surface area contributed by atoms with E-state index in [4.69, 9.17) is 5.11 Å². The van der Waals surface area contributed by atoms with Crippen LogP contribution in [0.5, 0.6) is 0 Å². The van der Waals surface area contributed by atoms with Gasteiger partial charge in [0.15, 0.2) is 5.12 Å². The maximum Gasteiger partial charge on any atom is 0.310 e. The van der Waals surface area contributed by atoms with Crippen LogP contribution in [0.2, 0.25) is 0 Å². The third-order valence-corrected chi connectivity index (χ3v) is 4.94. The van der Waals surface area contributed by atoms with Gasteiger partial charge in [0.05, 0.1) is 5.92 Å². The summed E-state index contributed by atoms with van der Waals surface area (Å²) in [4.78, 5) is 22.7. The van der Waals surface area contributed by atoms with Crippen molar-refractivity contribution < 1.29 is 14.7 Å². The van der Waals surface area contributed by atoms with Crippen LogP contribution in [-0.2, 0) is 9.59 Å². The predicted molar refractivity (Wildman–Crippen MR) is 76.5 cm³/mol. The summed E-state index contributed by atoms with van der Waals surface area (Å²) in [6.45, 7) is 3.75. The van der Waals surface area contributed by atoms with Crippen molar-refractivity contribution in [2.24, 2.45) is 5.92 Å². The summed E-state index contributed by atoms with van der Waals surface area (Å²) >= 11 is 1.42. The van der Waals surface area contributed by atoms with Crippen LogP contribution < -0.4 is 0 Å². The van der Waals surface area contributed by atoms with E-state index in [0.717, 1.165) is 23.3 Å². The molecule has 1 fully saturated rings. The maximum absolute atomic E-state index is 11.7. The highest BCUT2D eigenvalue weighted by Crippen LogP contribution is 2.37. The van der Waals surface area contributed by atoms with Crippen LogP contribution >= 0.6 is 11.8 Å². The molecule has 1 aliphatic heterocycles. The zero-order chi connectivity index (χ0) is 14.0. The normalized spacial score (nSPS) is 22.2. The minimum absolute atomic E-state index is 0.104. The van der Waals surface area contributed by atoms with Crippen molar-refractivity contribution in [1.82, 2.24) is 0 Å². The first-order chi connectivity index (χ1) is 9.00. The Morgan fingerprint density at radius 3 is 2.32 bits per heavy atom. The van der Waals surface area contributed by atoms with E-state index < -0.39 is 11.9 Å². The first-order valence-corrected chi connectivity index (χ1v) is 7.48. The molecule has 0 radical (unpaired) electrons. The Morgan fingerprint density at radius 1 is 1.26 bits per heavy atom. The molecule has 1 aliphatic rings. The van der Waals surface area contributed by atoms with E-state index >= 15 is 0 Å². The van der Waals surface area contributed by atoms with Gasteiger partial charge in [0, 0.05) is 11.7 Å². The largest absolute Gasteiger partial charge is 0.481 e. The molecule has 1 aromatic carbocycles. The Kier molecular flexibility index (Phi) is 4.30. The molecule has 3 unspecified atom stereocenters. The number of carboxylic acid groups (broad SMARTS) is 1. The van der Waals surface area contributed by atoms with Crippen LogP contribution in [0.4, 0.5) is 0 Å². The minimum atomic E-state index is -0.817. The summed E-state index contributed by atoms with van der Waals surface area (Å²) in [7, 11) is 0. The molecule has 0 spiro atoms. The molecule has 1 N–H and O–H groups in total. The lowest BCUT2D eigenvalue weighted by Crippen LogP contribution is -2.14. The number of carbonyl (C=O) groups is 2. The molecule has 0 aliphatic carbocycles. The molecule has 1 aromatic rings. The molecule has 3 atom stereocenters. The van der Waals surface area contributed by atoms with E-state index in [0.29, 0.717) is 0 Å². The third kappa shape index (κ3) is 3.00. The molecule has 3 nitrogen and oxygen atoms in total. The Labute approximate surface area is 117 Å². The fraction of sp³-hybridized carbons (Fsp3) is 0.467. The number of hydrogen-bond donors (Lipinski definition) is 1. The first-order valence-electron chi connectivity index (χ1n) is 6.50. The number of rotatable bonds is 4. The molecule has 0 amide bonds. The summed E-state index contributed by atoms with van der Waals surface area (Å²) in [5, 5.41) is 9.26. The van der Waals surface area contributed by atoms with Crippen molar-refractivity contribution in [2.75, 3.05) is 5.75 Å². The number of carboxylic acids is 1. The van der Waals surface area contributed by atoms with Crippen LogP contribution in [0.25, 0.3) is 0 Å². The van der Waals surface area contributed by atoms with Crippen LogP contribution in [0.15, 0.2) is 24.3 Å². The third-order valence-electron chi connectivity index (χ3n) is 3.91. The molecule has 0 aromatic heterocycles. The molecule has 0 saturated carbocycles. The SMILES string of the molecule is CC(C(=O)O)c1ccc(C(C)C2CCSC2=O)cc1. The van der Waals surface area contributed by atoms with Gasteiger partial charge in [0.25, 0.3) is 0 Å². The van der Waals surface area contributed by atoms with Crippen molar-refractivity contribution >= 4 is 22.8 Å². The zero-order valence-corrected chi connectivity index (χ0v) is 11.9. The molecule has 1 saturated heterocycles. The number of hydrogen-bond acceptors (Lipinski definition) is 3. The minimum Gasteiger partial charge on any atom is -0.481 e. The molecule has 102 valence electrons. The van der Waals surface area contributed by atoms with Gasteiger partial charge in [-0.05, 0) is 30.4 Å². The molecule has 19 heavy (non-hydrogen) atoms. The van der Waals surface area contributed by atoms with Crippen LogP contribution in [0.3, 0.4) is 0 Å². The molecular formula is C15H18O3S. The molecule has 2 rings (SSSR count). The van der Waals surface area contributed by atoms with E-state index in [1.54, 1.807) is 6.92 Å². The quantitative estimate of drug-likeness (QED) is 0.918. The fourth-order valence-corrected chi connectivity index (χ4v) is 3.54. The van der Waals surface area contributed by atoms with E-state index in [-0.39, 0.29) is 17.0 Å². The monoisotopic (exact) mass is 278 g/mol. The summed E-state index contributed by atoms with van der Waals surface area (Å²) in [5.74, 6) is -0.0808. The average Bonchev–Trinajstić information content (AvgIpc) is 2.83. The molecule has 0 bridgehead atoms. The summed E-state index contributed by atoms with van der Waals surface area (Å²) in [6, 6.07) is 7.62. The van der Waals surface area contributed by atoms with Crippen LogP contribution in [0.1, 0.15) is 43.2 Å². The molecule has 4 heteroatoms. The average molecular weight is 278 g/mol. The summed E-state index contributed by atoms with van der Waals surface area (Å²) in [5.41, 5.74) is 1.91. The van der Waals surface area contributed by atoms with Gasteiger partial charge in [-0.25, -0.2) is 0 Å². The standard InChI is InChI=1S/C15H18O3S/c1-9(13-7-8-19-15(13)18)11-3-5-12(6-4-11)10(2)14(16)17/h3-6,9-10,13H,7-8H2,1-2H3,(H,16,17). The van der Waals surface area contributed by atoms with Gasteiger partial charge in [-0.1, -0.05) is 43.0 Å². The van der Waals surface area contributed by atoms with E-state index in [9.17, 15) is 9.59 Å². The van der Waals surface area contributed by atoms with Crippen molar-refractivity contribution in [3.63, 3.8) is 0 Å². The topological polar surface area (TPSA) is 54.4 Å². The highest BCUT2D eigenvalue weighted by molar-refractivity contribution is 8.14. The van der Waals surface area contributed by atoms with Gasteiger partial charge < -0.3 is 5.11 Å². The van der Waals surface area contributed by atoms with Crippen molar-refractivity contribution in [3.05, 3.63) is 35.4 Å². The van der Waals surface area contributed by atoms with Gasteiger partial charge in [0.2, 0.25) is 0 Å². The predicted octanol–water partition coefficient (Wildman–Crippen LogP) is 3.26. The van der Waals surface area contributed by atoms with Crippen LogP contribution in [-0.4, -0.2) is 21.9 Å². The van der Waals surface area contributed by atoms with Gasteiger partial charge >= 0.3 is 5.97 Å². The van der Waals surface area contributed by atoms with E-state index in [1.165, 1.54) is 11.8 Å². The van der Waals surface area contributed by atoms with Crippen molar-refractivity contribution in [1.29, 1.82) is 0 Å². The van der Waals surface area contributed by atoms with Crippen LogP contribution in [0, 0.1) is 5.92 Å².